The van der Waals surface area contributed by atoms with Crippen molar-refractivity contribution in [3.05, 3.63) is 63.1 Å². The van der Waals surface area contributed by atoms with Crippen LogP contribution in [0.1, 0.15) is 18.4 Å². The summed E-state index contributed by atoms with van der Waals surface area (Å²) in [7, 11) is -3.57. The summed E-state index contributed by atoms with van der Waals surface area (Å²) < 4.78 is 27.2. The van der Waals surface area contributed by atoms with Crippen LogP contribution in [0.25, 0.3) is 0 Å². The first kappa shape index (κ1) is 24.8. The summed E-state index contributed by atoms with van der Waals surface area (Å²) in [5, 5.41) is 1.77. The molecule has 2 saturated heterocycles. The second-order valence-corrected chi connectivity index (χ2v) is 11.7. The van der Waals surface area contributed by atoms with Gasteiger partial charge in [-0.15, -0.1) is 0 Å². The third-order valence-electron chi connectivity index (χ3n) is 6.35. The Morgan fingerprint density at radius 3 is 2.06 bits per heavy atom. The summed E-state index contributed by atoms with van der Waals surface area (Å²) in [4.78, 5) is 17.5. The molecule has 10 heteroatoms. The smallest absolute Gasteiger partial charge is 0.243 e. The number of carbonyl (C=O) groups is 1. The Balaban J connectivity index is 1.27. The molecule has 0 radical (unpaired) electrons. The van der Waals surface area contributed by atoms with Gasteiger partial charge < -0.3 is 4.90 Å². The van der Waals surface area contributed by atoms with Gasteiger partial charge in [-0.3, -0.25) is 9.69 Å². The molecule has 1 amide bonds. The fraction of sp³-hybridized carbons (Fsp3) is 0.435. The van der Waals surface area contributed by atoms with Crippen LogP contribution in [0.4, 0.5) is 0 Å². The molecule has 0 bridgehead atoms. The van der Waals surface area contributed by atoms with Gasteiger partial charge >= 0.3 is 0 Å². The topological polar surface area (TPSA) is 60.9 Å². The van der Waals surface area contributed by atoms with Crippen molar-refractivity contribution in [2.45, 2.75) is 24.3 Å². The van der Waals surface area contributed by atoms with Gasteiger partial charge in [-0.25, -0.2) is 8.42 Å². The van der Waals surface area contributed by atoms with E-state index in [9.17, 15) is 13.2 Å². The monoisotopic (exact) mass is 529 g/mol. The van der Waals surface area contributed by atoms with E-state index in [0.29, 0.717) is 54.1 Å². The molecule has 2 aliphatic heterocycles. The van der Waals surface area contributed by atoms with E-state index in [-0.39, 0.29) is 16.7 Å². The Morgan fingerprint density at radius 2 is 1.45 bits per heavy atom. The Bertz CT molecular complexity index is 1100. The van der Waals surface area contributed by atoms with Crippen LogP contribution in [0.5, 0.6) is 0 Å². The number of amides is 1. The van der Waals surface area contributed by atoms with Crippen LogP contribution in [0.15, 0.2) is 47.4 Å². The van der Waals surface area contributed by atoms with Crippen molar-refractivity contribution >= 4 is 50.7 Å². The largest absolute Gasteiger partial charge is 0.340 e. The number of carbonyl (C=O) groups excluding carboxylic acids is 1. The Hall–Kier alpha value is -1.35. The number of sulfonamides is 1. The fourth-order valence-electron chi connectivity index (χ4n) is 4.37. The van der Waals surface area contributed by atoms with Crippen LogP contribution in [0.3, 0.4) is 0 Å². The Kier molecular flexibility index (Phi) is 7.88. The number of hydrogen-bond donors (Lipinski definition) is 0. The number of halogens is 3. The van der Waals surface area contributed by atoms with Gasteiger partial charge in [0.25, 0.3) is 0 Å². The molecule has 0 atom stereocenters. The highest BCUT2D eigenvalue weighted by atomic mass is 35.5. The van der Waals surface area contributed by atoms with Crippen molar-refractivity contribution in [1.82, 2.24) is 14.1 Å². The zero-order chi connectivity index (χ0) is 23.6. The predicted octanol–water partition coefficient (Wildman–Crippen LogP) is 4.39. The fourth-order valence-corrected chi connectivity index (χ4v) is 6.44. The highest BCUT2D eigenvalue weighted by Gasteiger charge is 2.34. The SMILES string of the molecule is O=C(C1CCN(S(=O)(=O)c2ccc(Cl)cc2)CC1)N1CCN(Cc2ccc(Cl)cc2Cl)CC1. The predicted molar refractivity (Wildman–Crippen MR) is 131 cm³/mol. The van der Waals surface area contributed by atoms with Crippen LogP contribution in [0, 0.1) is 5.92 Å². The van der Waals surface area contributed by atoms with Gasteiger partial charge in [0.2, 0.25) is 15.9 Å². The lowest BCUT2D eigenvalue weighted by molar-refractivity contribution is -0.138. The molecule has 33 heavy (non-hydrogen) atoms. The van der Waals surface area contributed by atoms with Crippen LogP contribution >= 0.6 is 34.8 Å². The molecule has 2 heterocycles. The minimum absolute atomic E-state index is 0.128. The molecule has 6 nitrogen and oxygen atoms in total. The lowest BCUT2D eigenvalue weighted by atomic mass is 9.96. The van der Waals surface area contributed by atoms with Gasteiger partial charge in [-0.2, -0.15) is 4.31 Å². The first-order chi connectivity index (χ1) is 15.7. The summed E-state index contributed by atoms with van der Waals surface area (Å²) in [5.41, 5.74) is 1.02. The van der Waals surface area contributed by atoms with Gasteiger partial charge in [-0.1, -0.05) is 40.9 Å². The highest BCUT2D eigenvalue weighted by molar-refractivity contribution is 7.89. The van der Waals surface area contributed by atoms with Crippen molar-refractivity contribution in [2.75, 3.05) is 39.3 Å². The third kappa shape index (κ3) is 5.84. The van der Waals surface area contributed by atoms with E-state index >= 15 is 0 Å². The van der Waals surface area contributed by atoms with Crippen LogP contribution < -0.4 is 0 Å². The van der Waals surface area contributed by atoms with E-state index in [1.54, 1.807) is 18.2 Å². The summed E-state index contributed by atoms with van der Waals surface area (Å²) in [6.45, 7) is 4.27. The molecule has 0 aliphatic carbocycles. The average molecular weight is 531 g/mol. The maximum Gasteiger partial charge on any atom is 0.243 e. The Labute approximate surface area is 210 Å². The van der Waals surface area contributed by atoms with Crippen molar-refractivity contribution in [3.8, 4) is 0 Å². The van der Waals surface area contributed by atoms with Gasteiger partial charge in [-0.05, 0) is 54.8 Å². The first-order valence-electron chi connectivity index (χ1n) is 10.9. The molecule has 4 rings (SSSR count). The Morgan fingerprint density at radius 1 is 0.848 bits per heavy atom. The minimum atomic E-state index is -3.57. The zero-order valence-electron chi connectivity index (χ0n) is 18.1. The number of piperazine rings is 1. The third-order valence-corrected chi connectivity index (χ3v) is 9.10. The summed E-state index contributed by atoms with van der Waals surface area (Å²) in [5.74, 6) is -0.0124. The molecule has 0 N–H and O–H groups in total. The first-order valence-corrected chi connectivity index (χ1v) is 13.5. The van der Waals surface area contributed by atoms with Crippen molar-refractivity contribution in [2.24, 2.45) is 5.92 Å². The lowest BCUT2D eigenvalue weighted by Gasteiger charge is -2.38. The second kappa shape index (κ2) is 10.5. The quantitative estimate of drug-likeness (QED) is 0.575. The average Bonchev–Trinajstić information content (AvgIpc) is 2.81. The molecular weight excluding hydrogens is 505 g/mol. The van der Waals surface area contributed by atoms with E-state index in [1.165, 1.54) is 16.4 Å². The molecule has 2 aromatic rings. The molecule has 2 fully saturated rings. The van der Waals surface area contributed by atoms with Crippen molar-refractivity contribution in [3.63, 3.8) is 0 Å². The normalized spacial score (nSPS) is 19.1. The summed E-state index contributed by atoms with van der Waals surface area (Å²) in [6, 6.07) is 11.7. The van der Waals surface area contributed by atoms with Gasteiger partial charge in [0.1, 0.15) is 0 Å². The summed E-state index contributed by atoms with van der Waals surface area (Å²) in [6.07, 6.45) is 1.07. The molecule has 0 saturated carbocycles. The molecule has 0 spiro atoms. The van der Waals surface area contributed by atoms with Gasteiger partial charge in [0.05, 0.1) is 4.90 Å². The minimum Gasteiger partial charge on any atom is -0.340 e. The molecule has 178 valence electrons. The number of rotatable bonds is 5. The zero-order valence-corrected chi connectivity index (χ0v) is 21.2. The second-order valence-electron chi connectivity index (χ2n) is 8.47. The number of benzene rings is 2. The van der Waals surface area contributed by atoms with Gasteiger partial charge in [0.15, 0.2) is 0 Å². The van der Waals surface area contributed by atoms with Crippen LogP contribution in [0.2, 0.25) is 15.1 Å². The van der Waals surface area contributed by atoms with E-state index in [2.05, 4.69) is 4.90 Å². The highest BCUT2D eigenvalue weighted by Crippen LogP contribution is 2.27. The number of piperidine rings is 1. The van der Waals surface area contributed by atoms with E-state index < -0.39 is 10.0 Å². The molecular formula is C23H26Cl3N3O3S. The summed E-state index contributed by atoms with van der Waals surface area (Å²) >= 11 is 18.1. The maximum absolute atomic E-state index is 13.1. The molecule has 0 aromatic heterocycles. The number of hydrogen-bond acceptors (Lipinski definition) is 4. The van der Waals surface area contributed by atoms with Crippen molar-refractivity contribution < 1.29 is 13.2 Å². The maximum atomic E-state index is 13.1. The van der Waals surface area contributed by atoms with E-state index in [1.807, 2.05) is 17.0 Å². The van der Waals surface area contributed by atoms with Crippen LogP contribution in [-0.4, -0.2) is 67.7 Å². The molecule has 2 aliphatic rings. The molecule has 2 aromatic carbocycles. The number of nitrogens with zero attached hydrogens (tertiary/aromatic N) is 3. The van der Waals surface area contributed by atoms with Crippen molar-refractivity contribution in [1.29, 1.82) is 0 Å². The van der Waals surface area contributed by atoms with Crippen LogP contribution in [-0.2, 0) is 21.4 Å². The van der Waals surface area contributed by atoms with E-state index in [0.717, 1.165) is 25.2 Å². The standard InChI is InChI=1S/C23H26Cl3N3O3S/c24-19-3-5-21(6-4-19)33(31,32)29-9-7-17(8-10-29)23(30)28-13-11-27(12-14-28)16-18-1-2-20(25)15-22(18)26/h1-6,15,17H,7-14,16H2. The van der Waals surface area contributed by atoms with E-state index in [4.69, 9.17) is 34.8 Å². The lowest BCUT2D eigenvalue weighted by Crippen LogP contribution is -2.51. The molecule has 0 unspecified atom stereocenters. The van der Waals surface area contributed by atoms with Gasteiger partial charge in [0, 0.05) is 66.8 Å².